The van der Waals surface area contributed by atoms with Crippen LogP contribution in [0, 0.1) is 0 Å². The Labute approximate surface area is 91.6 Å². The van der Waals surface area contributed by atoms with Crippen LogP contribution in [0.1, 0.15) is 51.4 Å². The molecule has 0 aromatic carbocycles. The van der Waals surface area contributed by atoms with Crippen LogP contribution in [0.15, 0.2) is 11.8 Å². The van der Waals surface area contributed by atoms with Gasteiger partial charge in [-0.3, -0.25) is 0 Å². The molecule has 0 radical (unpaired) electrons. The molecular formula is C13H20O2. The highest BCUT2D eigenvalue weighted by atomic mass is 16.6. The molecule has 0 amide bonds. The van der Waals surface area contributed by atoms with E-state index in [1.807, 2.05) is 6.26 Å². The van der Waals surface area contributed by atoms with E-state index in [1.54, 1.807) is 0 Å². The minimum absolute atomic E-state index is 0.359. The second-order valence-corrected chi connectivity index (χ2v) is 5.12. The van der Waals surface area contributed by atoms with E-state index in [4.69, 9.17) is 9.47 Å². The summed E-state index contributed by atoms with van der Waals surface area (Å²) >= 11 is 0. The summed E-state index contributed by atoms with van der Waals surface area (Å²) in [6.07, 6.45) is 13.5. The zero-order valence-electron chi connectivity index (χ0n) is 9.28. The molecular weight excluding hydrogens is 188 g/mol. The van der Waals surface area contributed by atoms with E-state index in [9.17, 15) is 0 Å². The Balaban J connectivity index is 1.53. The SMILES string of the molecule is C(OC1CC2CCC1O2)=C1CCCCC1. The summed E-state index contributed by atoms with van der Waals surface area (Å²) in [6, 6.07) is 0. The molecule has 84 valence electrons. The molecule has 2 heterocycles. The van der Waals surface area contributed by atoms with E-state index in [0.29, 0.717) is 18.3 Å². The highest BCUT2D eigenvalue weighted by Crippen LogP contribution is 2.36. The van der Waals surface area contributed by atoms with E-state index in [2.05, 4.69) is 0 Å². The maximum absolute atomic E-state index is 5.89. The van der Waals surface area contributed by atoms with Crippen LogP contribution in [0.3, 0.4) is 0 Å². The standard InChI is InChI=1S/C13H20O2/c1-2-4-10(5-3-1)9-14-13-8-11-6-7-12(13)15-11/h9,11-13H,1-8H2. The predicted molar refractivity (Wildman–Crippen MR) is 58.6 cm³/mol. The maximum atomic E-state index is 5.89. The van der Waals surface area contributed by atoms with Gasteiger partial charge in [0.25, 0.3) is 0 Å². The lowest BCUT2D eigenvalue weighted by Crippen LogP contribution is -2.23. The molecule has 1 aliphatic carbocycles. The van der Waals surface area contributed by atoms with Gasteiger partial charge in [0.15, 0.2) is 0 Å². The van der Waals surface area contributed by atoms with Gasteiger partial charge in [-0.05, 0) is 44.1 Å². The van der Waals surface area contributed by atoms with Crippen molar-refractivity contribution in [3.8, 4) is 0 Å². The number of ether oxygens (including phenoxy) is 2. The molecule has 0 aromatic rings. The summed E-state index contributed by atoms with van der Waals surface area (Å²) < 4.78 is 11.7. The van der Waals surface area contributed by atoms with Crippen molar-refractivity contribution in [3.05, 3.63) is 11.8 Å². The first-order valence-electron chi connectivity index (χ1n) is 6.40. The van der Waals surface area contributed by atoms with Crippen LogP contribution in [0.2, 0.25) is 0 Å². The van der Waals surface area contributed by atoms with Crippen LogP contribution in [0.4, 0.5) is 0 Å². The van der Waals surface area contributed by atoms with Crippen molar-refractivity contribution in [2.24, 2.45) is 0 Å². The van der Waals surface area contributed by atoms with Crippen molar-refractivity contribution in [1.29, 1.82) is 0 Å². The first-order valence-corrected chi connectivity index (χ1v) is 6.40. The van der Waals surface area contributed by atoms with Crippen LogP contribution < -0.4 is 0 Å². The highest BCUT2D eigenvalue weighted by molar-refractivity contribution is 5.01. The number of hydrogen-bond donors (Lipinski definition) is 0. The Bertz CT molecular complexity index is 251. The van der Waals surface area contributed by atoms with Crippen molar-refractivity contribution in [3.63, 3.8) is 0 Å². The van der Waals surface area contributed by atoms with Crippen LogP contribution in [0.25, 0.3) is 0 Å². The number of hydrogen-bond acceptors (Lipinski definition) is 2. The topological polar surface area (TPSA) is 18.5 Å². The quantitative estimate of drug-likeness (QED) is 0.649. The highest BCUT2D eigenvalue weighted by Gasteiger charge is 2.41. The van der Waals surface area contributed by atoms with Gasteiger partial charge in [0.2, 0.25) is 0 Å². The molecule has 1 saturated carbocycles. The Hall–Kier alpha value is -0.500. The molecule has 0 N–H and O–H groups in total. The van der Waals surface area contributed by atoms with Crippen LogP contribution in [0.5, 0.6) is 0 Å². The number of fused-ring (bicyclic) bond motifs is 2. The second kappa shape index (κ2) is 4.17. The lowest BCUT2D eigenvalue weighted by Gasteiger charge is -2.20. The molecule has 3 unspecified atom stereocenters. The second-order valence-electron chi connectivity index (χ2n) is 5.12. The van der Waals surface area contributed by atoms with Gasteiger partial charge < -0.3 is 9.47 Å². The molecule has 15 heavy (non-hydrogen) atoms. The number of rotatable bonds is 2. The summed E-state index contributed by atoms with van der Waals surface area (Å²) in [5.41, 5.74) is 1.52. The Morgan fingerprint density at radius 3 is 2.67 bits per heavy atom. The van der Waals surface area contributed by atoms with Gasteiger partial charge in [0.1, 0.15) is 6.10 Å². The fourth-order valence-electron chi connectivity index (χ4n) is 3.04. The van der Waals surface area contributed by atoms with Gasteiger partial charge >= 0.3 is 0 Å². The maximum Gasteiger partial charge on any atom is 0.126 e. The fraction of sp³-hybridized carbons (Fsp3) is 0.846. The third kappa shape index (κ3) is 2.05. The van der Waals surface area contributed by atoms with E-state index < -0.39 is 0 Å². The summed E-state index contributed by atoms with van der Waals surface area (Å²) in [5, 5.41) is 0. The molecule has 2 heteroatoms. The molecule has 2 aliphatic heterocycles. The molecule has 2 bridgehead atoms. The molecule has 3 fully saturated rings. The van der Waals surface area contributed by atoms with Gasteiger partial charge in [-0.1, -0.05) is 6.42 Å². The Morgan fingerprint density at radius 2 is 2.00 bits per heavy atom. The van der Waals surface area contributed by atoms with Gasteiger partial charge in [-0.15, -0.1) is 0 Å². The molecule has 0 spiro atoms. The largest absolute Gasteiger partial charge is 0.495 e. The van der Waals surface area contributed by atoms with Gasteiger partial charge in [-0.25, -0.2) is 0 Å². The first-order chi connectivity index (χ1) is 7.42. The van der Waals surface area contributed by atoms with Gasteiger partial charge in [0.05, 0.1) is 18.5 Å². The van der Waals surface area contributed by atoms with Gasteiger partial charge in [0, 0.05) is 6.42 Å². The molecule has 3 aliphatic rings. The van der Waals surface area contributed by atoms with E-state index in [1.165, 1.54) is 50.5 Å². The number of allylic oxidation sites excluding steroid dienone is 1. The lowest BCUT2D eigenvalue weighted by molar-refractivity contribution is 0.0436. The minimum Gasteiger partial charge on any atom is -0.495 e. The third-order valence-corrected chi connectivity index (χ3v) is 3.96. The average Bonchev–Trinajstić information content (AvgIpc) is 2.89. The summed E-state index contributed by atoms with van der Waals surface area (Å²) in [5.74, 6) is 0. The van der Waals surface area contributed by atoms with Gasteiger partial charge in [-0.2, -0.15) is 0 Å². The van der Waals surface area contributed by atoms with Crippen molar-refractivity contribution >= 4 is 0 Å². The molecule has 2 nitrogen and oxygen atoms in total. The zero-order valence-corrected chi connectivity index (χ0v) is 9.28. The van der Waals surface area contributed by atoms with E-state index in [-0.39, 0.29) is 0 Å². The molecule has 2 saturated heterocycles. The predicted octanol–water partition coefficient (Wildman–Crippen LogP) is 3.17. The monoisotopic (exact) mass is 208 g/mol. The molecule has 0 aromatic heterocycles. The summed E-state index contributed by atoms with van der Waals surface area (Å²) in [4.78, 5) is 0. The summed E-state index contributed by atoms with van der Waals surface area (Å²) in [7, 11) is 0. The fourth-order valence-corrected chi connectivity index (χ4v) is 3.04. The third-order valence-electron chi connectivity index (χ3n) is 3.96. The average molecular weight is 208 g/mol. The Morgan fingerprint density at radius 1 is 1.13 bits per heavy atom. The van der Waals surface area contributed by atoms with Crippen molar-refractivity contribution < 1.29 is 9.47 Å². The van der Waals surface area contributed by atoms with Crippen LogP contribution >= 0.6 is 0 Å². The molecule has 3 rings (SSSR count). The zero-order chi connectivity index (χ0) is 10.1. The first kappa shape index (κ1) is 9.71. The van der Waals surface area contributed by atoms with Crippen LogP contribution in [-0.4, -0.2) is 18.3 Å². The smallest absolute Gasteiger partial charge is 0.126 e. The van der Waals surface area contributed by atoms with E-state index >= 15 is 0 Å². The van der Waals surface area contributed by atoms with Crippen LogP contribution in [-0.2, 0) is 9.47 Å². The van der Waals surface area contributed by atoms with Crippen molar-refractivity contribution in [2.75, 3.05) is 0 Å². The molecule has 3 atom stereocenters. The van der Waals surface area contributed by atoms with E-state index in [0.717, 1.165) is 6.42 Å². The normalized spacial score (nSPS) is 39.5. The summed E-state index contributed by atoms with van der Waals surface area (Å²) in [6.45, 7) is 0. The minimum atomic E-state index is 0.359. The lowest BCUT2D eigenvalue weighted by atomic mass is 9.95. The van der Waals surface area contributed by atoms with Crippen molar-refractivity contribution in [2.45, 2.75) is 69.7 Å². The van der Waals surface area contributed by atoms with Crippen molar-refractivity contribution in [1.82, 2.24) is 0 Å². The Kier molecular flexibility index (Phi) is 2.70.